The van der Waals surface area contributed by atoms with Gasteiger partial charge < -0.3 is 25.1 Å². The van der Waals surface area contributed by atoms with E-state index in [-0.39, 0.29) is 13.2 Å². The maximum Gasteiger partial charge on any atom is 0.492 e. The van der Waals surface area contributed by atoms with E-state index in [9.17, 15) is 4.79 Å². The number of ether oxygens (including phenoxy) is 1. The minimum Gasteiger partial charge on any atom is -0.445 e. The van der Waals surface area contributed by atoms with Crippen LogP contribution in [0.2, 0.25) is 0 Å². The summed E-state index contributed by atoms with van der Waals surface area (Å²) in [5, 5.41) is 2.82. The predicted octanol–water partition coefficient (Wildman–Crippen LogP) is 4.09. The Balaban J connectivity index is 1.75. The van der Waals surface area contributed by atoms with Crippen LogP contribution in [0.4, 0.5) is 4.79 Å². The molecule has 0 atom stereocenters. The van der Waals surface area contributed by atoms with Crippen molar-refractivity contribution in [3.63, 3.8) is 0 Å². The monoisotopic (exact) mass is 422 g/mol. The largest absolute Gasteiger partial charge is 0.492 e. The number of rotatable bonds is 7. The molecule has 164 valence electrons. The van der Waals surface area contributed by atoms with Gasteiger partial charge in [-0.1, -0.05) is 60.7 Å². The summed E-state index contributed by atoms with van der Waals surface area (Å²) in [5.74, 6) is 0. The van der Waals surface area contributed by atoms with Crippen molar-refractivity contribution in [3.8, 4) is 0 Å². The van der Waals surface area contributed by atoms with Crippen LogP contribution >= 0.6 is 0 Å². The van der Waals surface area contributed by atoms with Crippen molar-refractivity contribution in [2.75, 3.05) is 6.54 Å². The SMILES string of the molecule is CC1(C)OB(C(=Cc2ccccc2CN)CNC(=O)OCc2ccccc2)OC1(C)C. The summed E-state index contributed by atoms with van der Waals surface area (Å²) in [6.45, 7) is 8.84. The summed E-state index contributed by atoms with van der Waals surface area (Å²) >= 11 is 0. The highest BCUT2D eigenvalue weighted by molar-refractivity contribution is 6.56. The topological polar surface area (TPSA) is 82.8 Å². The highest BCUT2D eigenvalue weighted by Gasteiger charge is 2.52. The van der Waals surface area contributed by atoms with Crippen LogP contribution in [-0.2, 0) is 27.2 Å². The van der Waals surface area contributed by atoms with Crippen molar-refractivity contribution < 1.29 is 18.8 Å². The van der Waals surface area contributed by atoms with E-state index < -0.39 is 24.4 Å². The van der Waals surface area contributed by atoms with E-state index in [4.69, 9.17) is 19.8 Å². The van der Waals surface area contributed by atoms with Crippen molar-refractivity contribution in [2.24, 2.45) is 5.73 Å². The Bertz CT molecular complexity index is 912. The van der Waals surface area contributed by atoms with Crippen molar-refractivity contribution in [1.29, 1.82) is 0 Å². The minimum absolute atomic E-state index is 0.207. The lowest BCUT2D eigenvalue weighted by Crippen LogP contribution is -2.41. The second-order valence-corrected chi connectivity index (χ2v) is 8.63. The Morgan fingerprint density at radius 1 is 1.03 bits per heavy atom. The van der Waals surface area contributed by atoms with Crippen LogP contribution in [0.5, 0.6) is 0 Å². The molecule has 1 aliphatic heterocycles. The maximum atomic E-state index is 12.3. The lowest BCUT2D eigenvalue weighted by Gasteiger charge is -2.32. The molecule has 2 aromatic carbocycles. The van der Waals surface area contributed by atoms with Gasteiger partial charge in [-0.15, -0.1) is 0 Å². The Hall–Kier alpha value is -2.61. The zero-order chi connectivity index (χ0) is 22.5. The fraction of sp³-hybridized carbons (Fsp3) is 0.375. The molecular weight excluding hydrogens is 391 g/mol. The first-order valence-electron chi connectivity index (χ1n) is 10.5. The molecule has 2 aromatic rings. The molecule has 7 heteroatoms. The fourth-order valence-corrected chi connectivity index (χ4v) is 3.21. The summed E-state index contributed by atoms with van der Waals surface area (Å²) in [6, 6.07) is 17.4. The molecule has 1 aliphatic rings. The molecule has 1 heterocycles. The summed E-state index contributed by atoms with van der Waals surface area (Å²) in [6.07, 6.45) is 1.47. The first-order valence-corrected chi connectivity index (χ1v) is 10.5. The Morgan fingerprint density at radius 2 is 1.65 bits per heavy atom. The van der Waals surface area contributed by atoms with Crippen LogP contribution in [0.1, 0.15) is 44.4 Å². The lowest BCUT2D eigenvalue weighted by molar-refractivity contribution is 0.00578. The van der Waals surface area contributed by atoms with Gasteiger partial charge in [-0.2, -0.15) is 0 Å². The number of hydrogen-bond donors (Lipinski definition) is 2. The fourth-order valence-electron chi connectivity index (χ4n) is 3.21. The lowest BCUT2D eigenvalue weighted by atomic mass is 9.76. The van der Waals surface area contributed by atoms with E-state index >= 15 is 0 Å². The Kier molecular flexibility index (Phi) is 7.21. The number of hydrogen-bond acceptors (Lipinski definition) is 5. The molecule has 0 aromatic heterocycles. The molecule has 0 saturated carbocycles. The molecule has 6 nitrogen and oxygen atoms in total. The van der Waals surface area contributed by atoms with Gasteiger partial charge in [0.15, 0.2) is 0 Å². The number of carbonyl (C=O) groups is 1. The molecule has 0 spiro atoms. The quantitative estimate of drug-likeness (QED) is 0.657. The molecule has 0 aliphatic carbocycles. The van der Waals surface area contributed by atoms with Gasteiger partial charge in [0.05, 0.1) is 11.2 Å². The minimum atomic E-state index is -0.592. The molecule has 0 unspecified atom stereocenters. The molecule has 1 fully saturated rings. The number of nitrogens with one attached hydrogen (secondary N) is 1. The average molecular weight is 422 g/mol. The van der Waals surface area contributed by atoms with Gasteiger partial charge in [-0.3, -0.25) is 0 Å². The van der Waals surface area contributed by atoms with Crippen molar-refractivity contribution in [3.05, 3.63) is 76.8 Å². The first kappa shape index (κ1) is 23.1. The number of amides is 1. The van der Waals surface area contributed by atoms with E-state index in [2.05, 4.69) is 5.32 Å². The second-order valence-electron chi connectivity index (χ2n) is 8.63. The number of carbonyl (C=O) groups excluding carboxylic acids is 1. The maximum absolute atomic E-state index is 12.3. The van der Waals surface area contributed by atoms with E-state index in [1.165, 1.54) is 0 Å². The van der Waals surface area contributed by atoms with Crippen LogP contribution in [0.15, 0.2) is 60.1 Å². The number of nitrogens with two attached hydrogens (primary N) is 1. The van der Waals surface area contributed by atoms with Crippen molar-refractivity contribution in [2.45, 2.75) is 52.0 Å². The van der Waals surface area contributed by atoms with Crippen LogP contribution in [-0.4, -0.2) is 31.0 Å². The molecule has 0 bridgehead atoms. The van der Waals surface area contributed by atoms with Gasteiger partial charge in [-0.25, -0.2) is 4.79 Å². The number of alkyl carbamates (subject to hydrolysis) is 1. The molecule has 1 amide bonds. The second kappa shape index (κ2) is 9.68. The van der Waals surface area contributed by atoms with Crippen molar-refractivity contribution >= 4 is 19.3 Å². The van der Waals surface area contributed by atoms with Gasteiger partial charge in [0, 0.05) is 13.1 Å². The van der Waals surface area contributed by atoms with Gasteiger partial charge in [0.25, 0.3) is 0 Å². The Morgan fingerprint density at radius 3 is 2.29 bits per heavy atom. The van der Waals surface area contributed by atoms with Gasteiger partial charge >= 0.3 is 13.2 Å². The van der Waals surface area contributed by atoms with E-state index in [0.29, 0.717) is 6.54 Å². The highest BCUT2D eigenvalue weighted by atomic mass is 16.7. The smallest absolute Gasteiger partial charge is 0.445 e. The number of benzene rings is 2. The van der Waals surface area contributed by atoms with Gasteiger partial charge in [-0.05, 0) is 49.9 Å². The first-order chi connectivity index (χ1) is 14.7. The molecule has 0 radical (unpaired) electrons. The molecule has 3 N–H and O–H groups in total. The van der Waals surface area contributed by atoms with Crippen LogP contribution in [0.25, 0.3) is 6.08 Å². The third-order valence-electron chi connectivity index (χ3n) is 5.82. The van der Waals surface area contributed by atoms with E-state index in [1.54, 1.807) is 0 Å². The third kappa shape index (κ3) is 5.76. The average Bonchev–Trinajstić information content (AvgIpc) is 2.97. The molecular formula is C24H31BN2O4. The summed E-state index contributed by atoms with van der Waals surface area (Å²) in [4.78, 5) is 12.3. The molecule has 3 rings (SSSR count). The zero-order valence-electron chi connectivity index (χ0n) is 18.7. The van der Waals surface area contributed by atoms with Crippen LogP contribution in [0, 0.1) is 0 Å². The third-order valence-corrected chi connectivity index (χ3v) is 5.82. The van der Waals surface area contributed by atoms with Crippen molar-refractivity contribution in [1.82, 2.24) is 5.32 Å². The summed E-state index contributed by atoms with van der Waals surface area (Å²) in [7, 11) is -0.592. The zero-order valence-corrected chi connectivity index (χ0v) is 18.7. The van der Waals surface area contributed by atoms with Gasteiger partial charge in [0.1, 0.15) is 6.61 Å². The highest BCUT2D eigenvalue weighted by Crippen LogP contribution is 2.38. The standard InChI is InChI=1S/C24H31BN2O4/c1-23(2)24(3,4)31-25(30-23)21(14-19-12-8-9-13-20(19)15-26)16-27-22(28)29-17-18-10-6-5-7-11-18/h5-14H,15-17,26H2,1-4H3,(H,27,28). The van der Waals surface area contributed by atoms with Crippen LogP contribution in [0.3, 0.4) is 0 Å². The van der Waals surface area contributed by atoms with Gasteiger partial charge in [0.2, 0.25) is 0 Å². The molecule has 1 saturated heterocycles. The van der Waals surface area contributed by atoms with Crippen LogP contribution < -0.4 is 11.1 Å². The summed E-state index contributed by atoms with van der Waals surface area (Å²) in [5.41, 5.74) is 8.61. The van der Waals surface area contributed by atoms with E-state index in [1.807, 2.05) is 88.4 Å². The van der Waals surface area contributed by atoms with E-state index in [0.717, 1.165) is 22.2 Å². The summed E-state index contributed by atoms with van der Waals surface area (Å²) < 4.78 is 17.8. The normalized spacial score (nSPS) is 17.5. The Labute approximate surface area is 184 Å². The molecule has 31 heavy (non-hydrogen) atoms. The predicted molar refractivity (Wildman–Crippen MR) is 123 cm³/mol.